The minimum atomic E-state index is -1.79. The predicted octanol–water partition coefficient (Wildman–Crippen LogP) is 2.78. The fourth-order valence-corrected chi connectivity index (χ4v) is 2.14. The van der Waals surface area contributed by atoms with E-state index in [-0.39, 0.29) is 0 Å². The first-order valence-corrected chi connectivity index (χ1v) is 6.47. The van der Waals surface area contributed by atoms with Crippen molar-refractivity contribution in [3.8, 4) is 11.5 Å². The van der Waals surface area contributed by atoms with Crippen LogP contribution in [0.4, 0.5) is 0 Å². The fraction of sp³-hybridized carbons (Fsp3) is 0.0769. The molecule has 0 N–H and O–H groups in total. The average molecular weight is 245 g/mol. The molecule has 0 aromatic heterocycles. The van der Waals surface area contributed by atoms with Crippen LogP contribution in [0.5, 0.6) is 11.5 Å². The molecule has 0 heterocycles. The summed E-state index contributed by atoms with van der Waals surface area (Å²) in [6.07, 6.45) is 0. The largest absolute Gasteiger partial charge is 0.736 e. The highest BCUT2D eigenvalue weighted by Gasteiger charge is 2.22. The Morgan fingerprint density at radius 1 is 0.706 bits per heavy atom. The van der Waals surface area contributed by atoms with Crippen LogP contribution in [-0.4, -0.2) is 16.6 Å². The third kappa shape index (κ3) is 3.62. The normalized spacial score (nSPS) is 10.2. The summed E-state index contributed by atoms with van der Waals surface area (Å²) in [6.45, 7) is 0. The molecule has 17 heavy (non-hydrogen) atoms. The predicted molar refractivity (Wildman–Crippen MR) is 66.9 cm³/mol. The van der Waals surface area contributed by atoms with Crippen molar-refractivity contribution in [3.63, 3.8) is 0 Å². The molecule has 2 aromatic carbocycles. The van der Waals surface area contributed by atoms with E-state index in [4.69, 9.17) is 13.3 Å². The van der Waals surface area contributed by atoms with Crippen molar-refractivity contribution in [1.82, 2.24) is 0 Å². The molecule has 0 spiro atoms. The summed E-state index contributed by atoms with van der Waals surface area (Å²) in [5, 5.41) is 0. The highest BCUT2D eigenvalue weighted by molar-refractivity contribution is 6.38. The Morgan fingerprint density at radius 2 is 1.12 bits per heavy atom. The Labute approximate surface area is 103 Å². The molecule has 0 aliphatic rings. The van der Waals surface area contributed by atoms with Gasteiger partial charge in [0.15, 0.2) is 0 Å². The Morgan fingerprint density at radius 3 is 1.47 bits per heavy atom. The molecule has 2 aromatic rings. The first kappa shape index (κ1) is 11.7. The zero-order chi connectivity index (χ0) is 11.9. The number of benzene rings is 2. The van der Waals surface area contributed by atoms with Crippen molar-refractivity contribution in [2.75, 3.05) is 7.11 Å². The number of hydrogen-bond donors (Lipinski definition) is 0. The smallest absolute Gasteiger partial charge is 0.489 e. The van der Waals surface area contributed by atoms with Gasteiger partial charge in [-0.2, -0.15) is 0 Å². The van der Waals surface area contributed by atoms with E-state index in [0.717, 1.165) is 11.5 Å². The first-order chi connectivity index (χ1) is 8.38. The number of rotatable bonds is 5. The second kappa shape index (κ2) is 6.08. The minimum absolute atomic E-state index is 0.749. The lowest BCUT2D eigenvalue weighted by atomic mass is 10.3. The summed E-state index contributed by atoms with van der Waals surface area (Å²) in [6, 6.07) is 19.0. The van der Waals surface area contributed by atoms with Crippen LogP contribution < -0.4 is 8.85 Å². The summed E-state index contributed by atoms with van der Waals surface area (Å²) in [5.74, 6) is 1.50. The van der Waals surface area contributed by atoms with Crippen LogP contribution in [0, 0.1) is 0 Å². The zero-order valence-electron chi connectivity index (χ0n) is 9.50. The minimum Gasteiger partial charge on any atom is -0.489 e. The van der Waals surface area contributed by atoms with Crippen LogP contribution in [0.25, 0.3) is 0 Å². The molecule has 4 heteroatoms. The third-order valence-corrected chi connectivity index (χ3v) is 3.19. The molecule has 0 saturated carbocycles. The molecule has 0 atom stereocenters. The molecular formula is C13H13O3Si. The van der Waals surface area contributed by atoms with Gasteiger partial charge in [0.2, 0.25) is 0 Å². The summed E-state index contributed by atoms with van der Waals surface area (Å²) in [7, 11) is -0.205. The van der Waals surface area contributed by atoms with E-state index in [1.54, 1.807) is 7.11 Å². The molecule has 87 valence electrons. The van der Waals surface area contributed by atoms with Gasteiger partial charge in [-0.25, -0.2) is 0 Å². The van der Waals surface area contributed by atoms with Gasteiger partial charge >= 0.3 is 9.53 Å². The van der Waals surface area contributed by atoms with Gasteiger partial charge in [0, 0.05) is 7.11 Å². The fourth-order valence-electron chi connectivity index (χ4n) is 1.27. The lowest BCUT2D eigenvalue weighted by Gasteiger charge is -2.13. The van der Waals surface area contributed by atoms with Crippen molar-refractivity contribution in [2.24, 2.45) is 0 Å². The molecule has 0 aliphatic carbocycles. The maximum atomic E-state index is 5.62. The average Bonchev–Trinajstić information content (AvgIpc) is 2.40. The van der Waals surface area contributed by atoms with E-state index in [1.807, 2.05) is 60.7 Å². The molecular weight excluding hydrogens is 232 g/mol. The molecule has 0 fully saturated rings. The summed E-state index contributed by atoms with van der Waals surface area (Å²) in [5.41, 5.74) is 0. The van der Waals surface area contributed by atoms with Crippen LogP contribution >= 0.6 is 0 Å². The van der Waals surface area contributed by atoms with E-state index in [0.29, 0.717) is 0 Å². The highest BCUT2D eigenvalue weighted by atomic mass is 28.3. The lowest BCUT2D eigenvalue weighted by molar-refractivity contribution is 0.247. The Bertz CT molecular complexity index is 391. The molecule has 0 bridgehead atoms. The zero-order valence-corrected chi connectivity index (χ0v) is 10.5. The van der Waals surface area contributed by atoms with E-state index < -0.39 is 9.53 Å². The van der Waals surface area contributed by atoms with Gasteiger partial charge in [-0.05, 0) is 24.3 Å². The maximum absolute atomic E-state index is 5.62. The van der Waals surface area contributed by atoms with Gasteiger partial charge in [-0.3, -0.25) is 0 Å². The molecule has 2 rings (SSSR count). The quantitative estimate of drug-likeness (QED) is 0.758. The van der Waals surface area contributed by atoms with Crippen LogP contribution in [-0.2, 0) is 4.43 Å². The van der Waals surface area contributed by atoms with Gasteiger partial charge in [0.05, 0.1) is 0 Å². The topological polar surface area (TPSA) is 27.7 Å². The molecule has 0 saturated heterocycles. The standard InChI is InChI=1S/C13H13O3Si/c1-14-17(15-12-8-4-2-5-9-12)16-13-10-6-3-7-11-13/h2-11H,1H3. The molecule has 3 nitrogen and oxygen atoms in total. The summed E-state index contributed by atoms with van der Waals surface area (Å²) >= 11 is 0. The number of para-hydroxylation sites is 2. The lowest BCUT2D eigenvalue weighted by Crippen LogP contribution is -2.32. The monoisotopic (exact) mass is 245 g/mol. The van der Waals surface area contributed by atoms with Crippen molar-refractivity contribution in [2.45, 2.75) is 0 Å². The van der Waals surface area contributed by atoms with Crippen LogP contribution in [0.2, 0.25) is 0 Å². The van der Waals surface area contributed by atoms with Crippen molar-refractivity contribution in [3.05, 3.63) is 60.7 Å². The SMILES string of the molecule is CO[Si](Oc1ccccc1)Oc1ccccc1. The van der Waals surface area contributed by atoms with E-state index in [9.17, 15) is 0 Å². The van der Waals surface area contributed by atoms with E-state index >= 15 is 0 Å². The summed E-state index contributed by atoms with van der Waals surface area (Å²) in [4.78, 5) is 0. The van der Waals surface area contributed by atoms with Crippen molar-refractivity contribution < 1.29 is 13.3 Å². The highest BCUT2D eigenvalue weighted by Crippen LogP contribution is 2.14. The van der Waals surface area contributed by atoms with E-state index in [2.05, 4.69) is 0 Å². The van der Waals surface area contributed by atoms with Crippen molar-refractivity contribution in [1.29, 1.82) is 0 Å². The second-order valence-corrected chi connectivity index (χ2v) is 4.60. The van der Waals surface area contributed by atoms with Gasteiger partial charge in [-0.15, -0.1) is 0 Å². The number of hydrogen-bond acceptors (Lipinski definition) is 3. The molecule has 0 aliphatic heterocycles. The maximum Gasteiger partial charge on any atom is 0.736 e. The van der Waals surface area contributed by atoms with E-state index in [1.165, 1.54) is 0 Å². The Kier molecular flexibility index (Phi) is 4.18. The molecule has 1 radical (unpaired) electrons. The Balaban J connectivity index is 1.98. The van der Waals surface area contributed by atoms with Crippen LogP contribution in [0.15, 0.2) is 60.7 Å². The van der Waals surface area contributed by atoms with Gasteiger partial charge in [-0.1, -0.05) is 36.4 Å². The molecule has 0 unspecified atom stereocenters. The molecule has 0 amide bonds. The first-order valence-electron chi connectivity index (χ1n) is 5.25. The Hall–Kier alpha value is -1.78. The van der Waals surface area contributed by atoms with Gasteiger partial charge in [0.25, 0.3) is 0 Å². The van der Waals surface area contributed by atoms with Gasteiger partial charge < -0.3 is 13.3 Å². The van der Waals surface area contributed by atoms with Crippen molar-refractivity contribution >= 4 is 9.53 Å². The summed E-state index contributed by atoms with van der Waals surface area (Å²) < 4.78 is 16.5. The van der Waals surface area contributed by atoms with Crippen LogP contribution in [0.3, 0.4) is 0 Å². The third-order valence-electron chi connectivity index (χ3n) is 2.06. The van der Waals surface area contributed by atoms with Crippen LogP contribution in [0.1, 0.15) is 0 Å². The second-order valence-electron chi connectivity index (χ2n) is 3.28. The van der Waals surface area contributed by atoms with Gasteiger partial charge in [0.1, 0.15) is 11.5 Å².